The third-order valence-electron chi connectivity index (χ3n) is 15.0. The number of rotatable bonds is 53. The van der Waals surface area contributed by atoms with Gasteiger partial charge >= 0.3 is 23.3 Å². The fraction of sp³-hybridized carbons (Fsp3) is 0.950. The van der Waals surface area contributed by atoms with E-state index in [2.05, 4.69) is 42.3 Å². The number of hydrogen-bond acceptors (Lipinski definition) is 3. The molecule has 0 saturated carbocycles. The van der Waals surface area contributed by atoms with Crippen molar-refractivity contribution in [1.29, 1.82) is 0 Å². The van der Waals surface area contributed by atoms with Crippen LogP contribution in [0.4, 0.5) is 39.5 Å². The largest absolute Gasteiger partial charge is 0.743 e. The Labute approximate surface area is 453 Å². The average molecular weight is 1110 g/mol. The number of halogens is 9. The van der Waals surface area contributed by atoms with Gasteiger partial charge in [0, 0.05) is 6.42 Å². The summed E-state index contributed by atoms with van der Waals surface area (Å²) in [6, 6.07) is 0. The summed E-state index contributed by atoms with van der Waals surface area (Å²) in [4.78, 5) is 0. The van der Waals surface area contributed by atoms with Crippen LogP contribution < -0.4 is 4.57 Å². The van der Waals surface area contributed by atoms with Gasteiger partial charge in [0.2, 0.25) is 0 Å². The number of unbranched alkanes of at least 4 members (excludes halogenated alkanes) is 44. The lowest BCUT2D eigenvalue weighted by Gasteiger charge is -2.34. The molecule has 0 N–H and O–H groups in total. The SMILES string of the molecule is CCCCCCCCCCCCCCCCCCn1cc[n+](CCCCCCCCCCCCCCCCCC)c1CCCCCCCCCCCCCCCCC.O=S(=O)([O-])C(F)(F)C(F)(F)C(F)(F)C(F)(F)F. The van der Waals surface area contributed by atoms with Crippen LogP contribution in [-0.4, -0.2) is 40.8 Å². The number of aromatic nitrogens is 2. The van der Waals surface area contributed by atoms with Gasteiger partial charge in [0.1, 0.15) is 12.4 Å². The first-order valence-corrected chi connectivity index (χ1v) is 32.5. The minimum Gasteiger partial charge on any atom is -0.743 e. The van der Waals surface area contributed by atoms with Gasteiger partial charge < -0.3 is 4.55 Å². The maximum absolute atomic E-state index is 12.2. The molecule has 0 atom stereocenters. The fourth-order valence-electron chi connectivity index (χ4n) is 10.0. The average Bonchev–Trinajstić information content (AvgIpc) is 3.74. The van der Waals surface area contributed by atoms with Crippen molar-refractivity contribution >= 4 is 10.1 Å². The zero-order valence-electron chi connectivity index (χ0n) is 47.9. The van der Waals surface area contributed by atoms with Gasteiger partial charge in [-0.1, -0.05) is 290 Å². The molecule has 1 aromatic rings. The fourth-order valence-corrected chi connectivity index (χ4v) is 10.5. The van der Waals surface area contributed by atoms with Gasteiger partial charge in [-0.25, -0.2) is 17.6 Å². The van der Waals surface area contributed by atoms with Crippen LogP contribution in [-0.2, 0) is 29.6 Å². The summed E-state index contributed by atoms with van der Waals surface area (Å²) in [6.45, 7) is 9.42. The van der Waals surface area contributed by atoms with Gasteiger partial charge in [-0.15, -0.1) is 0 Å². The molecule has 1 rings (SSSR count). The Bertz CT molecular complexity index is 1470. The first kappa shape index (κ1) is 73.5. The Balaban J connectivity index is 0.00000273. The van der Waals surface area contributed by atoms with Crippen LogP contribution in [0.1, 0.15) is 328 Å². The molecule has 0 aromatic carbocycles. The van der Waals surface area contributed by atoms with E-state index < -0.39 is 33.4 Å². The van der Waals surface area contributed by atoms with Crippen LogP contribution >= 0.6 is 0 Å². The molecular formula is C60H111F9N2O3S. The van der Waals surface area contributed by atoms with Crippen molar-refractivity contribution in [2.45, 2.75) is 365 Å². The van der Waals surface area contributed by atoms with Crippen molar-refractivity contribution in [1.82, 2.24) is 4.57 Å². The van der Waals surface area contributed by atoms with Crippen LogP contribution in [0.3, 0.4) is 0 Å². The smallest absolute Gasteiger partial charge is 0.460 e. The highest BCUT2D eigenvalue weighted by Crippen LogP contribution is 2.54. The van der Waals surface area contributed by atoms with Gasteiger partial charge in [0.05, 0.1) is 13.1 Å². The number of nitrogens with zero attached hydrogens (tertiary/aromatic N) is 2. The summed E-state index contributed by atoms with van der Waals surface area (Å²) in [5, 5.41) is -7.11. The summed E-state index contributed by atoms with van der Waals surface area (Å²) in [5.74, 6) is -13.2. The van der Waals surface area contributed by atoms with E-state index in [9.17, 15) is 52.5 Å². The van der Waals surface area contributed by atoms with Gasteiger partial charge in [0.15, 0.2) is 10.1 Å². The molecule has 1 aromatic heterocycles. The highest BCUT2D eigenvalue weighted by atomic mass is 32.2. The predicted molar refractivity (Wildman–Crippen MR) is 293 cm³/mol. The molecule has 75 heavy (non-hydrogen) atoms. The Hall–Kier alpha value is -1.51. The number of hydrogen-bond donors (Lipinski definition) is 0. The lowest BCUT2D eigenvalue weighted by molar-refractivity contribution is -0.704. The van der Waals surface area contributed by atoms with Crippen LogP contribution in [0.15, 0.2) is 12.4 Å². The molecule has 0 fully saturated rings. The quantitative estimate of drug-likeness (QED) is 0.0283. The molecular weight excluding hydrogens is 1000 g/mol. The van der Waals surface area contributed by atoms with E-state index in [4.69, 9.17) is 0 Å². The molecule has 15 heteroatoms. The number of imidazole rings is 1. The standard InChI is InChI=1S/C56H111N2.C4HF9O3S/c1-4-7-10-13-16-19-22-25-28-31-34-37-40-43-46-49-52-57-54-55-58(53-50-47-44-41-38-35-32-29-26-23-20-17-14-11-8-5-2)56(57)51-48-45-42-39-36-33-30-27-24-21-18-15-12-9-6-3;5-1(6,3(9,10)11)2(7,8)4(12,13)17(14,15)16/h54-55H,4-53H2,1-3H3;(H,14,15,16)/q+1;/p-1. The van der Waals surface area contributed by atoms with Crippen molar-refractivity contribution < 1.29 is 57.1 Å². The summed E-state index contributed by atoms with van der Waals surface area (Å²) >= 11 is 0. The van der Waals surface area contributed by atoms with Gasteiger partial charge in [-0.2, -0.15) is 39.5 Å². The molecule has 0 bridgehead atoms. The van der Waals surface area contributed by atoms with Crippen molar-refractivity contribution in [3.8, 4) is 0 Å². The predicted octanol–water partition coefficient (Wildman–Crippen LogP) is 21.7. The lowest BCUT2D eigenvalue weighted by atomic mass is 10.0. The topological polar surface area (TPSA) is 66.0 Å². The first-order chi connectivity index (χ1) is 35.8. The molecule has 0 aliphatic heterocycles. The van der Waals surface area contributed by atoms with E-state index in [1.54, 1.807) is 5.82 Å². The summed E-state index contributed by atoms with van der Waals surface area (Å²) in [6.07, 6.45) is 67.1. The molecule has 0 amide bonds. The van der Waals surface area contributed by atoms with Crippen molar-refractivity contribution in [3.63, 3.8) is 0 Å². The summed E-state index contributed by atoms with van der Waals surface area (Å²) in [7, 11) is -7.42. The number of aryl methyl sites for hydroxylation is 2. The highest BCUT2D eigenvalue weighted by molar-refractivity contribution is 7.86. The Morgan fingerprint density at radius 3 is 0.907 bits per heavy atom. The van der Waals surface area contributed by atoms with E-state index >= 15 is 0 Å². The molecule has 0 aliphatic carbocycles. The Kier molecular flexibility index (Phi) is 45.3. The van der Waals surface area contributed by atoms with E-state index in [-0.39, 0.29) is 0 Å². The van der Waals surface area contributed by atoms with Crippen LogP contribution in [0, 0.1) is 0 Å². The molecule has 0 unspecified atom stereocenters. The molecule has 0 aliphatic rings. The van der Waals surface area contributed by atoms with Gasteiger partial charge in [-0.3, -0.25) is 0 Å². The third-order valence-corrected chi connectivity index (χ3v) is 15.9. The third kappa shape index (κ3) is 35.7. The minimum absolute atomic E-state index is 1.23. The summed E-state index contributed by atoms with van der Waals surface area (Å²) < 4.78 is 141. The van der Waals surface area contributed by atoms with Crippen LogP contribution in [0.2, 0.25) is 0 Å². The normalized spacial score (nSPS) is 12.7. The second-order valence-electron chi connectivity index (χ2n) is 22.0. The van der Waals surface area contributed by atoms with Crippen molar-refractivity contribution in [2.24, 2.45) is 0 Å². The van der Waals surface area contributed by atoms with E-state index in [0.717, 1.165) is 0 Å². The van der Waals surface area contributed by atoms with E-state index in [1.807, 2.05) is 0 Å². The maximum Gasteiger partial charge on any atom is 0.460 e. The van der Waals surface area contributed by atoms with Crippen LogP contribution in [0.25, 0.3) is 0 Å². The van der Waals surface area contributed by atoms with E-state index in [1.165, 1.54) is 321 Å². The molecule has 0 radical (unpaired) electrons. The molecule has 1 heterocycles. The second-order valence-corrected chi connectivity index (χ2v) is 23.4. The molecule has 5 nitrogen and oxygen atoms in total. The first-order valence-electron chi connectivity index (χ1n) is 31.1. The lowest BCUT2D eigenvalue weighted by Crippen LogP contribution is -2.63. The molecule has 448 valence electrons. The monoisotopic (exact) mass is 1110 g/mol. The highest BCUT2D eigenvalue weighted by Gasteiger charge is 2.83. The molecule has 0 saturated heterocycles. The van der Waals surface area contributed by atoms with Crippen molar-refractivity contribution in [3.05, 3.63) is 18.2 Å². The summed E-state index contributed by atoms with van der Waals surface area (Å²) in [5.41, 5.74) is 0. The van der Waals surface area contributed by atoms with Gasteiger partial charge in [-0.05, 0) is 32.1 Å². The molecule has 0 spiro atoms. The second kappa shape index (κ2) is 46.3. The Morgan fingerprint density at radius 1 is 0.387 bits per heavy atom. The van der Waals surface area contributed by atoms with Crippen LogP contribution in [0.5, 0.6) is 0 Å². The maximum atomic E-state index is 12.2. The van der Waals surface area contributed by atoms with Crippen molar-refractivity contribution in [2.75, 3.05) is 0 Å². The zero-order chi connectivity index (χ0) is 56.0. The van der Waals surface area contributed by atoms with Gasteiger partial charge in [0.25, 0.3) is 5.82 Å². The Morgan fingerprint density at radius 2 is 0.640 bits per heavy atom. The zero-order valence-corrected chi connectivity index (χ0v) is 48.8. The van der Waals surface area contributed by atoms with E-state index in [0.29, 0.717) is 0 Å². The minimum atomic E-state index is -7.43. The number of alkyl halides is 9.